The Morgan fingerprint density at radius 3 is 2.45 bits per heavy atom. The van der Waals surface area contributed by atoms with Crippen molar-refractivity contribution in [2.24, 2.45) is 5.73 Å². The molecule has 9 nitrogen and oxygen atoms in total. The zero-order valence-electron chi connectivity index (χ0n) is 22.0. The second-order valence-electron chi connectivity index (χ2n) is 10.3. The minimum atomic E-state index is -4.69. The number of hydrogen-bond acceptors (Lipinski definition) is 7. The summed E-state index contributed by atoms with van der Waals surface area (Å²) < 4.78 is 89.7. The molecule has 0 bridgehead atoms. The molecule has 42 heavy (non-hydrogen) atoms. The number of carbonyl (C=O) groups is 1. The molecule has 1 aliphatic rings. The number of rotatable bonds is 5. The third kappa shape index (κ3) is 5.20. The molecule has 1 atom stereocenters. The maximum absolute atomic E-state index is 15.2. The van der Waals surface area contributed by atoms with E-state index in [-0.39, 0.29) is 39.8 Å². The molecule has 0 radical (unpaired) electrons. The molecule has 218 valence electrons. The predicted molar refractivity (Wildman–Crippen MR) is 135 cm³/mol. The first-order chi connectivity index (χ1) is 19.6. The molecule has 5 rings (SSSR count). The van der Waals surface area contributed by atoms with E-state index in [9.17, 15) is 23.2 Å². The number of alkyl halides is 5. The fourth-order valence-corrected chi connectivity index (χ4v) is 4.43. The maximum atomic E-state index is 15.2. The summed E-state index contributed by atoms with van der Waals surface area (Å²) in [6.45, 7) is 2.71. The van der Waals surface area contributed by atoms with E-state index in [2.05, 4.69) is 15.3 Å². The summed E-state index contributed by atoms with van der Waals surface area (Å²) in [6.07, 6.45) is -3.92. The Kier molecular flexibility index (Phi) is 6.85. The Hall–Kier alpha value is -4.71. The average molecular weight is 590 g/mol. The molecule has 0 fully saturated rings. The van der Waals surface area contributed by atoms with Gasteiger partial charge in [-0.3, -0.25) is 4.79 Å². The van der Waals surface area contributed by atoms with Gasteiger partial charge in [0.05, 0.1) is 36.1 Å². The van der Waals surface area contributed by atoms with Crippen molar-refractivity contribution in [1.29, 1.82) is 5.26 Å². The fraction of sp³-hybridized carbons (Fsp3) is 0.296. The van der Waals surface area contributed by atoms with Crippen LogP contribution in [0.15, 0.2) is 53.2 Å². The van der Waals surface area contributed by atoms with Gasteiger partial charge in [-0.2, -0.15) is 15.0 Å². The van der Waals surface area contributed by atoms with Gasteiger partial charge in [0.1, 0.15) is 11.2 Å². The second kappa shape index (κ2) is 9.98. The van der Waals surface area contributed by atoms with Crippen molar-refractivity contribution in [3.8, 4) is 28.7 Å². The highest BCUT2D eigenvalue weighted by Crippen LogP contribution is 2.45. The van der Waals surface area contributed by atoms with Gasteiger partial charge in [-0.1, -0.05) is 24.3 Å². The molecule has 0 aliphatic carbocycles. The van der Waals surface area contributed by atoms with E-state index in [1.807, 2.05) is 6.07 Å². The highest BCUT2D eigenvalue weighted by Gasteiger charge is 2.45. The maximum Gasteiger partial charge on any atom is 0.504 e. The van der Waals surface area contributed by atoms with E-state index in [1.54, 1.807) is 0 Å². The van der Waals surface area contributed by atoms with Crippen LogP contribution in [-0.2, 0) is 29.0 Å². The van der Waals surface area contributed by atoms with E-state index < -0.39 is 47.4 Å². The Bertz CT molecular complexity index is 1700. The normalized spacial score (nSPS) is 17.1. The summed E-state index contributed by atoms with van der Waals surface area (Å²) in [6, 6.07) is 7.88. The second-order valence-corrected chi connectivity index (χ2v) is 10.3. The first-order valence-corrected chi connectivity index (χ1v) is 12.4. The third-order valence-electron chi connectivity index (χ3n) is 6.77. The minimum Gasteiger partial charge on any atom is -0.419 e. The number of anilines is 1. The molecule has 15 heteroatoms. The molecule has 0 saturated heterocycles. The topological polar surface area (TPSA) is 127 Å². The van der Waals surface area contributed by atoms with Crippen molar-refractivity contribution in [1.82, 2.24) is 20.0 Å². The van der Waals surface area contributed by atoms with E-state index in [0.29, 0.717) is 17.2 Å². The standard InChI is InChI=1S/C27H21F6N7O2/c1-25(2,13-34)24-38-37-22(42-24)17-7-21-18(8-19(17)28)26(29,30)9-20(35)23(41)39(21)11-14-3-5-15(6-4-14)16-10-36-40(12-16)27(31,32)33/h3-8,10,12,20H,9,11,35H2,1-2H3/t20-/m0/s1. The van der Waals surface area contributed by atoms with E-state index in [4.69, 9.17) is 10.2 Å². The van der Waals surface area contributed by atoms with E-state index in [1.165, 1.54) is 38.1 Å². The first kappa shape index (κ1) is 28.8. The van der Waals surface area contributed by atoms with Crippen LogP contribution in [0.2, 0.25) is 0 Å². The van der Waals surface area contributed by atoms with Crippen molar-refractivity contribution >= 4 is 11.6 Å². The van der Waals surface area contributed by atoms with Crippen molar-refractivity contribution in [3.05, 3.63) is 71.6 Å². The lowest BCUT2D eigenvalue weighted by Crippen LogP contribution is -2.43. The highest BCUT2D eigenvalue weighted by molar-refractivity contribution is 5.99. The largest absolute Gasteiger partial charge is 0.504 e. The monoisotopic (exact) mass is 589 g/mol. The van der Waals surface area contributed by atoms with Gasteiger partial charge in [-0.05, 0) is 37.1 Å². The lowest BCUT2D eigenvalue weighted by atomic mass is 9.96. The summed E-state index contributed by atoms with van der Waals surface area (Å²) in [5.74, 6) is -6.18. The van der Waals surface area contributed by atoms with Gasteiger partial charge in [0.2, 0.25) is 11.8 Å². The lowest BCUT2D eigenvalue weighted by Gasteiger charge is -2.25. The van der Waals surface area contributed by atoms with Crippen LogP contribution in [0.25, 0.3) is 22.6 Å². The number of carbonyl (C=O) groups excluding carboxylic acids is 1. The van der Waals surface area contributed by atoms with Crippen molar-refractivity contribution in [3.63, 3.8) is 0 Å². The average Bonchev–Trinajstić information content (AvgIpc) is 3.61. The predicted octanol–water partition coefficient (Wildman–Crippen LogP) is 5.37. The van der Waals surface area contributed by atoms with Crippen molar-refractivity contribution in [2.75, 3.05) is 4.90 Å². The van der Waals surface area contributed by atoms with Crippen molar-refractivity contribution < 1.29 is 35.6 Å². The Balaban J connectivity index is 1.54. The third-order valence-corrected chi connectivity index (χ3v) is 6.77. The van der Waals surface area contributed by atoms with Crippen LogP contribution in [0.1, 0.15) is 37.3 Å². The Labute approximate surface area is 234 Å². The van der Waals surface area contributed by atoms with Gasteiger partial charge >= 0.3 is 6.30 Å². The van der Waals surface area contributed by atoms with Gasteiger partial charge in [0.15, 0.2) is 0 Å². The van der Waals surface area contributed by atoms with Crippen molar-refractivity contribution in [2.45, 2.75) is 50.5 Å². The van der Waals surface area contributed by atoms with Gasteiger partial charge in [-0.15, -0.1) is 23.4 Å². The van der Waals surface area contributed by atoms with Gasteiger partial charge in [0, 0.05) is 23.7 Å². The smallest absolute Gasteiger partial charge is 0.419 e. The number of nitriles is 1. The summed E-state index contributed by atoms with van der Waals surface area (Å²) in [4.78, 5) is 14.2. The number of halogens is 6. The Morgan fingerprint density at radius 2 is 1.83 bits per heavy atom. The molecule has 1 amide bonds. The SMILES string of the molecule is CC(C)(C#N)c1nnc(-c2cc3c(cc2F)C(F)(F)C[C@H](N)C(=O)N3Cc2ccc(-c3cnn(C(F)(F)F)c3)cc2)o1. The van der Waals surface area contributed by atoms with Crippen LogP contribution in [0.4, 0.5) is 32.0 Å². The van der Waals surface area contributed by atoms with E-state index >= 15 is 13.2 Å². The number of aromatic nitrogens is 4. The molecule has 2 aromatic heterocycles. The number of benzene rings is 2. The summed E-state index contributed by atoms with van der Waals surface area (Å²) >= 11 is 0. The van der Waals surface area contributed by atoms with E-state index in [0.717, 1.165) is 23.4 Å². The zero-order chi connectivity index (χ0) is 30.6. The molecule has 3 heterocycles. The van der Waals surface area contributed by atoms with Crippen LogP contribution in [0, 0.1) is 17.1 Å². The number of nitrogens with two attached hydrogens (primary N) is 1. The van der Waals surface area contributed by atoms with Crippen LogP contribution in [0.3, 0.4) is 0 Å². The molecule has 0 unspecified atom stereocenters. The molecule has 2 N–H and O–H groups in total. The van der Waals surface area contributed by atoms with Crippen LogP contribution >= 0.6 is 0 Å². The summed E-state index contributed by atoms with van der Waals surface area (Å²) in [5, 5.41) is 20.2. The molecule has 2 aromatic carbocycles. The minimum absolute atomic E-state index is 0.129. The summed E-state index contributed by atoms with van der Waals surface area (Å²) in [5.41, 5.74) is 4.10. The molecule has 0 saturated carbocycles. The molecular weight excluding hydrogens is 568 g/mol. The summed E-state index contributed by atoms with van der Waals surface area (Å²) in [7, 11) is 0. The molecular formula is C27H21F6N7O2. The first-order valence-electron chi connectivity index (χ1n) is 12.4. The van der Waals surface area contributed by atoms with Crippen LogP contribution < -0.4 is 10.6 Å². The lowest BCUT2D eigenvalue weighted by molar-refractivity contribution is -0.212. The quantitative estimate of drug-likeness (QED) is 0.310. The molecule has 0 spiro atoms. The van der Waals surface area contributed by atoms with Gasteiger partial charge in [-0.25, -0.2) is 13.2 Å². The number of amides is 1. The number of fused-ring (bicyclic) bond motifs is 1. The highest BCUT2D eigenvalue weighted by atomic mass is 19.4. The van der Waals surface area contributed by atoms with Crippen LogP contribution in [0.5, 0.6) is 0 Å². The van der Waals surface area contributed by atoms with Crippen LogP contribution in [-0.4, -0.2) is 31.9 Å². The number of nitrogens with zero attached hydrogens (tertiary/aromatic N) is 6. The molecule has 4 aromatic rings. The molecule has 1 aliphatic heterocycles. The van der Waals surface area contributed by atoms with Gasteiger partial charge < -0.3 is 15.1 Å². The Morgan fingerprint density at radius 1 is 1.14 bits per heavy atom. The zero-order valence-corrected chi connectivity index (χ0v) is 22.0. The number of hydrogen-bond donors (Lipinski definition) is 1. The fourth-order valence-electron chi connectivity index (χ4n) is 4.43. The van der Waals surface area contributed by atoms with Gasteiger partial charge in [0.25, 0.3) is 11.8 Å².